The molecule has 2 rings (SSSR count). The van der Waals surface area contributed by atoms with Crippen molar-refractivity contribution < 1.29 is 9.53 Å². The highest BCUT2D eigenvalue weighted by molar-refractivity contribution is 8.00. The molecule has 0 unspecified atom stereocenters. The Balaban J connectivity index is 1.84. The van der Waals surface area contributed by atoms with Gasteiger partial charge in [-0.1, -0.05) is 0 Å². The van der Waals surface area contributed by atoms with Crippen LogP contribution in [0.25, 0.3) is 0 Å². The Morgan fingerprint density at radius 1 is 1.20 bits per heavy atom. The van der Waals surface area contributed by atoms with Crippen LogP contribution in [0.4, 0.5) is 0 Å². The van der Waals surface area contributed by atoms with E-state index >= 15 is 0 Å². The highest BCUT2D eigenvalue weighted by Crippen LogP contribution is 2.29. The zero-order valence-corrected chi connectivity index (χ0v) is 14.0. The Labute approximate surface area is 127 Å². The normalized spacial score (nSPS) is 26.5. The first-order chi connectivity index (χ1) is 9.27. The number of carbonyl (C=O) groups excluding carboxylic acids is 1. The van der Waals surface area contributed by atoms with Crippen LogP contribution in [0, 0.1) is 0 Å². The van der Waals surface area contributed by atoms with Gasteiger partial charge in [0.15, 0.2) is 0 Å². The summed E-state index contributed by atoms with van der Waals surface area (Å²) in [5.41, 5.74) is -0.506. The van der Waals surface area contributed by atoms with Crippen LogP contribution in [0.5, 0.6) is 0 Å². The summed E-state index contributed by atoms with van der Waals surface area (Å²) in [5.74, 6) is 0.870. The smallest absolute Gasteiger partial charge is 0.232 e. The highest BCUT2D eigenvalue weighted by atomic mass is 32.2. The average Bonchev–Trinajstić information content (AvgIpc) is 2.33. The zero-order valence-electron chi connectivity index (χ0n) is 13.2. The maximum absolute atomic E-state index is 12.5. The number of piperidine rings is 1. The summed E-state index contributed by atoms with van der Waals surface area (Å²) in [4.78, 5) is 14.4. The van der Waals surface area contributed by atoms with Crippen LogP contribution in [0.3, 0.4) is 0 Å². The van der Waals surface area contributed by atoms with Crippen LogP contribution in [0.15, 0.2) is 0 Å². The Hall–Kier alpha value is -0.260. The number of ether oxygens (including phenoxy) is 1. The van der Waals surface area contributed by atoms with E-state index in [2.05, 4.69) is 33.0 Å². The fourth-order valence-corrected chi connectivity index (χ4v) is 4.34. The number of morpholine rings is 1. The molecule has 2 heterocycles. The minimum atomic E-state index is -0.253. The summed E-state index contributed by atoms with van der Waals surface area (Å²) in [6.07, 6.45) is 2.36. The molecular formula is C15H28N2O2S. The van der Waals surface area contributed by atoms with Crippen molar-refractivity contribution >= 4 is 17.7 Å². The predicted octanol–water partition coefficient (Wildman–Crippen LogP) is 1.89. The number of nitrogens with zero attached hydrogens (tertiary/aromatic N) is 1. The second-order valence-corrected chi connectivity index (χ2v) is 8.42. The lowest BCUT2D eigenvalue weighted by molar-refractivity contribution is -0.186. The molecule has 0 atom stereocenters. The van der Waals surface area contributed by atoms with E-state index in [1.165, 1.54) is 12.8 Å². The van der Waals surface area contributed by atoms with Gasteiger partial charge in [0.2, 0.25) is 5.91 Å². The van der Waals surface area contributed by atoms with Gasteiger partial charge in [0.25, 0.3) is 0 Å². The van der Waals surface area contributed by atoms with Gasteiger partial charge in [0.05, 0.1) is 17.0 Å². The number of amides is 1. The summed E-state index contributed by atoms with van der Waals surface area (Å²) in [6, 6.07) is 0. The molecular weight excluding hydrogens is 272 g/mol. The standard InChI is InChI=1S/C15H28N2O2S/c1-14(2)10-17(11-15(3,4)19-14)13(18)9-20-12-5-7-16-8-6-12/h12,16H,5-11H2,1-4H3. The molecule has 20 heavy (non-hydrogen) atoms. The zero-order chi connectivity index (χ0) is 14.8. The minimum Gasteiger partial charge on any atom is -0.366 e. The Morgan fingerprint density at radius 3 is 2.30 bits per heavy atom. The monoisotopic (exact) mass is 300 g/mol. The molecule has 2 aliphatic rings. The van der Waals surface area contributed by atoms with Gasteiger partial charge in [0.1, 0.15) is 0 Å². The maximum atomic E-state index is 12.5. The topological polar surface area (TPSA) is 41.6 Å². The van der Waals surface area contributed by atoms with Crippen molar-refractivity contribution in [1.82, 2.24) is 10.2 Å². The van der Waals surface area contributed by atoms with E-state index in [9.17, 15) is 4.79 Å². The molecule has 0 radical (unpaired) electrons. The average molecular weight is 300 g/mol. The number of rotatable bonds is 3. The van der Waals surface area contributed by atoms with E-state index in [-0.39, 0.29) is 17.1 Å². The largest absolute Gasteiger partial charge is 0.366 e. The second-order valence-electron chi connectivity index (χ2n) is 7.13. The Bertz CT molecular complexity index is 336. The van der Waals surface area contributed by atoms with E-state index in [4.69, 9.17) is 4.74 Å². The van der Waals surface area contributed by atoms with Gasteiger partial charge in [-0.3, -0.25) is 4.79 Å². The molecule has 1 amide bonds. The molecule has 0 aliphatic carbocycles. The van der Waals surface area contributed by atoms with Gasteiger partial charge in [0, 0.05) is 18.3 Å². The van der Waals surface area contributed by atoms with Crippen molar-refractivity contribution in [3.05, 3.63) is 0 Å². The predicted molar refractivity (Wildman–Crippen MR) is 84.2 cm³/mol. The van der Waals surface area contributed by atoms with Crippen molar-refractivity contribution in [3.63, 3.8) is 0 Å². The molecule has 0 saturated carbocycles. The van der Waals surface area contributed by atoms with Crippen LogP contribution in [-0.2, 0) is 9.53 Å². The molecule has 1 N–H and O–H groups in total. The lowest BCUT2D eigenvalue weighted by Crippen LogP contribution is -2.59. The molecule has 0 aromatic carbocycles. The van der Waals surface area contributed by atoms with Crippen LogP contribution in [-0.4, -0.2) is 59.2 Å². The lowest BCUT2D eigenvalue weighted by atomic mass is 9.99. The van der Waals surface area contributed by atoms with Crippen molar-refractivity contribution in [2.24, 2.45) is 0 Å². The molecule has 0 aromatic rings. The molecule has 0 aromatic heterocycles. The van der Waals surface area contributed by atoms with Crippen molar-refractivity contribution in [2.75, 3.05) is 31.9 Å². The third-order valence-corrected chi connectivity index (χ3v) is 5.13. The van der Waals surface area contributed by atoms with E-state index in [1.54, 1.807) is 0 Å². The molecule has 4 nitrogen and oxygen atoms in total. The molecule has 2 fully saturated rings. The molecule has 0 spiro atoms. The Morgan fingerprint density at radius 2 is 1.75 bits per heavy atom. The van der Waals surface area contributed by atoms with Gasteiger partial charge in [-0.15, -0.1) is 11.8 Å². The van der Waals surface area contributed by atoms with Crippen molar-refractivity contribution in [1.29, 1.82) is 0 Å². The first-order valence-corrected chi connectivity index (χ1v) is 8.63. The van der Waals surface area contributed by atoms with Gasteiger partial charge < -0.3 is 15.0 Å². The number of hydrogen-bond donors (Lipinski definition) is 1. The van der Waals surface area contributed by atoms with Gasteiger partial charge in [-0.2, -0.15) is 0 Å². The fourth-order valence-electron chi connectivity index (χ4n) is 3.21. The van der Waals surface area contributed by atoms with Crippen LogP contribution >= 0.6 is 11.8 Å². The summed E-state index contributed by atoms with van der Waals surface area (Å²) >= 11 is 1.83. The second kappa shape index (κ2) is 6.24. The van der Waals surface area contributed by atoms with E-state index < -0.39 is 0 Å². The minimum absolute atomic E-state index is 0.253. The molecule has 2 aliphatic heterocycles. The number of hydrogen-bond acceptors (Lipinski definition) is 4. The third-order valence-electron chi connectivity index (χ3n) is 3.78. The highest BCUT2D eigenvalue weighted by Gasteiger charge is 2.39. The van der Waals surface area contributed by atoms with Crippen molar-refractivity contribution in [2.45, 2.75) is 57.0 Å². The van der Waals surface area contributed by atoms with Crippen LogP contribution < -0.4 is 5.32 Å². The lowest BCUT2D eigenvalue weighted by Gasteiger charge is -2.47. The summed E-state index contributed by atoms with van der Waals surface area (Å²) in [7, 11) is 0. The molecule has 2 saturated heterocycles. The Kier molecular flexibility index (Phi) is 5.03. The fraction of sp³-hybridized carbons (Fsp3) is 0.933. The first-order valence-electron chi connectivity index (χ1n) is 7.58. The molecule has 0 bridgehead atoms. The summed E-state index contributed by atoms with van der Waals surface area (Å²) in [6.45, 7) is 11.8. The SMILES string of the molecule is CC1(C)CN(C(=O)CSC2CCNCC2)CC(C)(C)O1. The van der Waals surface area contributed by atoms with E-state index in [0.717, 1.165) is 13.1 Å². The summed E-state index contributed by atoms with van der Waals surface area (Å²) in [5, 5.41) is 4.00. The number of nitrogens with one attached hydrogen (secondary N) is 1. The molecule has 116 valence electrons. The third kappa shape index (κ3) is 4.64. The van der Waals surface area contributed by atoms with E-state index in [0.29, 0.717) is 24.1 Å². The number of carbonyl (C=O) groups is 1. The van der Waals surface area contributed by atoms with Crippen molar-refractivity contribution in [3.8, 4) is 0 Å². The first kappa shape index (κ1) is 16.1. The maximum Gasteiger partial charge on any atom is 0.232 e. The van der Waals surface area contributed by atoms with Gasteiger partial charge in [-0.25, -0.2) is 0 Å². The quantitative estimate of drug-likeness (QED) is 0.864. The number of thioether (sulfide) groups is 1. The van der Waals surface area contributed by atoms with E-state index in [1.807, 2.05) is 16.7 Å². The van der Waals surface area contributed by atoms with Gasteiger partial charge in [-0.05, 0) is 53.6 Å². The summed E-state index contributed by atoms with van der Waals surface area (Å²) < 4.78 is 6.03. The van der Waals surface area contributed by atoms with Gasteiger partial charge >= 0.3 is 0 Å². The van der Waals surface area contributed by atoms with Crippen LogP contribution in [0.1, 0.15) is 40.5 Å². The van der Waals surface area contributed by atoms with Crippen LogP contribution in [0.2, 0.25) is 0 Å². The molecule has 5 heteroatoms.